The van der Waals surface area contributed by atoms with Gasteiger partial charge in [0, 0.05) is 17.7 Å². The van der Waals surface area contributed by atoms with Crippen LogP contribution < -0.4 is 4.74 Å². The fraction of sp³-hybridized carbons (Fsp3) is 0.100. The molecule has 0 aliphatic heterocycles. The fourth-order valence-electron chi connectivity index (χ4n) is 2.78. The van der Waals surface area contributed by atoms with Crippen LogP contribution in [-0.2, 0) is 0 Å². The summed E-state index contributed by atoms with van der Waals surface area (Å²) < 4.78 is 55.5. The largest absolute Gasteiger partial charge is 0.573 e. The number of nitrogens with zero attached hydrogens (tertiary/aromatic N) is 1. The van der Waals surface area contributed by atoms with E-state index in [2.05, 4.69) is 4.74 Å². The molecular weight excluding hydrogens is 394 g/mol. The molecule has 0 aromatic heterocycles. The van der Waals surface area contributed by atoms with E-state index in [1.54, 1.807) is 0 Å². The van der Waals surface area contributed by atoms with Gasteiger partial charge in [-0.2, -0.15) is 0 Å². The fourth-order valence-corrected chi connectivity index (χ4v) is 2.78. The molecule has 5 nitrogen and oxygen atoms in total. The van der Waals surface area contributed by atoms with E-state index >= 15 is 0 Å². The van der Waals surface area contributed by atoms with Crippen molar-refractivity contribution in [3.05, 3.63) is 93.8 Å². The minimum Gasteiger partial charge on any atom is -0.405 e. The third kappa shape index (κ3) is 4.88. The van der Waals surface area contributed by atoms with Crippen LogP contribution in [0, 0.1) is 15.9 Å². The smallest absolute Gasteiger partial charge is 0.405 e. The molecule has 1 atom stereocenters. The molecule has 0 bridgehead atoms. The lowest BCUT2D eigenvalue weighted by molar-refractivity contribution is -0.384. The summed E-state index contributed by atoms with van der Waals surface area (Å²) in [4.78, 5) is 10.3. The molecule has 0 aliphatic rings. The van der Waals surface area contributed by atoms with Crippen LogP contribution in [0.2, 0.25) is 0 Å². The number of halogens is 4. The van der Waals surface area contributed by atoms with Crippen LogP contribution in [0.3, 0.4) is 0 Å². The molecule has 0 fully saturated rings. The highest BCUT2D eigenvalue weighted by Crippen LogP contribution is 2.38. The highest BCUT2D eigenvalue weighted by molar-refractivity contribution is 5.73. The molecule has 29 heavy (non-hydrogen) atoms. The Morgan fingerprint density at radius 2 is 1.62 bits per heavy atom. The van der Waals surface area contributed by atoms with Crippen LogP contribution in [0.1, 0.15) is 17.2 Å². The van der Waals surface area contributed by atoms with E-state index in [1.165, 1.54) is 42.5 Å². The molecule has 0 saturated heterocycles. The van der Waals surface area contributed by atoms with Gasteiger partial charge in [-0.1, -0.05) is 30.3 Å². The molecule has 1 N–H and O–H groups in total. The standard InChI is InChI=1S/C20H13F4NO4/c21-15-7-4-12(5-8-15)19(26)14-6-9-18(29-20(22,23)24)17(11-14)13-2-1-3-16(10-13)25(27)28/h1-11,19,26H. The van der Waals surface area contributed by atoms with Gasteiger partial charge in [0.2, 0.25) is 0 Å². The van der Waals surface area contributed by atoms with Crippen LogP contribution in [-0.4, -0.2) is 16.4 Å². The van der Waals surface area contributed by atoms with Crippen LogP contribution in [0.5, 0.6) is 5.75 Å². The van der Waals surface area contributed by atoms with Crippen molar-refractivity contribution in [2.24, 2.45) is 0 Å². The summed E-state index contributed by atoms with van der Waals surface area (Å²) >= 11 is 0. The zero-order valence-corrected chi connectivity index (χ0v) is 14.6. The Bertz CT molecular complexity index is 1040. The molecule has 1 unspecified atom stereocenters. The highest BCUT2D eigenvalue weighted by Gasteiger charge is 2.32. The first-order valence-corrected chi connectivity index (χ1v) is 8.22. The molecule has 0 radical (unpaired) electrons. The first-order valence-electron chi connectivity index (χ1n) is 8.22. The number of non-ortho nitro benzene ring substituents is 1. The number of nitro groups is 1. The van der Waals surface area contributed by atoms with Crippen molar-refractivity contribution < 1.29 is 32.3 Å². The summed E-state index contributed by atoms with van der Waals surface area (Å²) in [5, 5.41) is 21.5. The lowest BCUT2D eigenvalue weighted by Crippen LogP contribution is -2.17. The second-order valence-electron chi connectivity index (χ2n) is 6.06. The monoisotopic (exact) mass is 407 g/mol. The molecule has 0 aliphatic carbocycles. The van der Waals surface area contributed by atoms with E-state index in [0.29, 0.717) is 5.56 Å². The number of alkyl halides is 3. The average molecular weight is 407 g/mol. The molecule has 0 heterocycles. The van der Waals surface area contributed by atoms with E-state index in [1.807, 2.05) is 0 Å². The quantitative estimate of drug-likeness (QED) is 0.350. The van der Waals surface area contributed by atoms with Gasteiger partial charge >= 0.3 is 6.36 Å². The number of nitro benzene ring substituents is 1. The van der Waals surface area contributed by atoms with Crippen molar-refractivity contribution in [3.8, 4) is 16.9 Å². The minimum absolute atomic E-state index is 0.0929. The first kappa shape index (κ1) is 20.3. The van der Waals surface area contributed by atoms with Gasteiger partial charge in [0.05, 0.1) is 4.92 Å². The zero-order valence-electron chi connectivity index (χ0n) is 14.6. The minimum atomic E-state index is -4.98. The molecule has 3 rings (SSSR count). The van der Waals surface area contributed by atoms with Gasteiger partial charge in [-0.25, -0.2) is 4.39 Å². The Morgan fingerprint density at radius 3 is 2.24 bits per heavy atom. The van der Waals surface area contributed by atoms with E-state index < -0.39 is 29.0 Å². The van der Waals surface area contributed by atoms with Gasteiger partial charge in [0.15, 0.2) is 0 Å². The van der Waals surface area contributed by atoms with Crippen LogP contribution in [0.25, 0.3) is 11.1 Å². The number of benzene rings is 3. The predicted molar refractivity (Wildman–Crippen MR) is 95.7 cm³/mol. The Hall–Kier alpha value is -3.46. The molecule has 3 aromatic carbocycles. The van der Waals surface area contributed by atoms with Crippen molar-refractivity contribution >= 4 is 5.69 Å². The summed E-state index contributed by atoms with van der Waals surface area (Å²) in [6, 6.07) is 13.5. The summed E-state index contributed by atoms with van der Waals surface area (Å²) in [6.07, 6.45) is -6.24. The van der Waals surface area contributed by atoms with Crippen molar-refractivity contribution in [2.75, 3.05) is 0 Å². The van der Waals surface area contributed by atoms with E-state index in [-0.39, 0.29) is 22.4 Å². The summed E-state index contributed by atoms with van der Waals surface area (Å²) in [5.74, 6) is -1.08. The van der Waals surface area contributed by atoms with Gasteiger partial charge in [0.1, 0.15) is 17.7 Å². The maximum atomic E-state index is 13.1. The van der Waals surface area contributed by atoms with Crippen LogP contribution in [0.4, 0.5) is 23.2 Å². The Labute approximate surface area is 161 Å². The third-order valence-corrected chi connectivity index (χ3v) is 4.10. The van der Waals surface area contributed by atoms with Gasteiger partial charge in [-0.05, 0) is 41.0 Å². The second-order valence-corrected chi connectivity index (χ2v) is 6.06. The van der Waals surface area contributed by atoms with Crippen molar-refractivity contribution in [3.63, 3.8) is 0 Å². The zero-order chi connectivity index (χ0) is 21.2. The van der Waals surface area contributed by atoms with Gasteiger partial charge in [-0.3, -0.25) is 10.1 Å². The van der Waals surface area contributed by atoms with E-state index in [4.69, 9.17) is 0 Å². The summed E-state index contributed by atoms with van der Waals surface area (Å²) in [7, 11) is 0. The Kier molecular flexibility index (Phi) is 5.51. The van der Waals surface area contributed by atoms with E-state index in [0.717, 1.165) is 24.3 Å². The normalized spacial score (nSPS) is 12.4. The number of ether oxygens (including phenoxy) is 1. The van der Waals surface area contributed by atoms with Gasteiger partial charge in [-0.15, -0.1) is 13.2 Å². The van der Waals surface area contributed by atoms with Gasteiger partial charge in [0.25, 0.3) is 5.69 Å². The first-order chi connectivity index (χ1) is 13.6. The molecule has 150 valence electrons. The maximum absolute atomic E-state index is 13.1. The number of aliphatic hydroxyl groups is 1. The topological polar surface area (TPSA) is 72.6 Å². The van der Waals surface area contributed by atoms with E-state index in [9.17, 15) is 32.8 Å². The number of hydrogen-bond acceptors (Lipinski definition) is 4. The molecule has 9 heteroatoms. The van der Waals surface area contributed by atoms with Crippen molar-refractivity contribution in [2.45, 2.75) is 12.5 Å². The van der Waals surface area contributed by atoms with Crippen molar-refractivity contribution in [1.29, 1.82) is 0 Å². The molecule has 0 spiro atoms. The number of hydrogen-bond donors (Lipinski definition) is 1. The predicted octanol–water partition coefficient (Wildman–Crippen LogP) is 5.38. The van der Waals surface area contributed by atoms with Crippen molar-refractivity contribution in [1.82, 2.24) is 0 Å². The third-order valence-electron chi connectivity index (χ3n) is 4.10. The molecular formula is C20H13F4NO4. The Morgan fingerprint density at radius 1 is 0.966 bits per heavy atom. The maximum Gasteiger partial charge on any atom is 0.573 e. The molecule has 0 amide bonds. The highest BCUT2D eigenvalue weighted by atomic mass is 19.4. The lowest BCUT2D eigenvalue weighted by atomic mass is 9.96. The second kappa shape index (κ2) is 7.88. The lowest BCUT2D eigenvalue weighted by Gasteiger charge is -2.17. The summed E-state index contributed by atoms with van der Waals surface area (Å²) in [5.41, 5.74) is 0.217. The number of aliphatic hydroxyl groups excluding tert-OH is 1. The summed E-state index contributed by atoms with van der Waals surface area (Å²) in [6.45, 7) is 0. The van der Waals surface area contributed by atoms with Crippen LogP contribution >= 0.6 is 0 Å². The average Bonchev–Trinajstić information content (AvgIpc) is 2.67. The van der Waals surface area contributed by atoms with Crippen LogP contribution in [0.15, 0.2) is 66.7 Å². The molecule has 3 aromatic rings. The van der Waals surface area contributed by atoms with Gasteiger partial charge < -0.3 is 9.84 Å². The number of rotatable bonds is 5. The SMILES string of the molecule is O=[N+]([O-])c1cccc(-c2cc(C(O)c3ccc(F)cc3)ccc2OC(F)(F)F)c1. The Balaban J connectivity index is 2.10. The molecule has 0 saturated carbocycles.